The number of carbonyl (C=O) groups excluding carboxylic acids is 1. The Morgan fingerprint density at radius 2 is 1.88 bits per heavy atom. The van der Waals surface area contributed by atoms with Gasteiger partial charge in [-0.05, 0) is 11.6 Å². The van der Waals surface area contributed by atoms with Gasteiger partial charge < -0.3 is 10.2 Å². The molecule has 25 heavy (non-hydrogen) atoms. The van der Waals surface area contributed by atoms with Gasteiger partial charge in [-0.25, -0.2) is 9.97 Å². The number of rotatable bonds is 6. The van der Waals surface area contributed by atoms with Crippen molar-refractivity contribution < 1.29 is 4.79 Å². The molecule has 1 aliphatic rings. The van der Waals surface area contributed by atoms with Crippen molar-refractivity contribution in [3.63, 3.8) is 0 Å². The van der Waals surface area contributed by atoms with Crippen LogP contribution in [0.4, 0.5) is 5.82 Å². The molecule has 1 N–H and O–H groups in total. The van der Waals surface area contributed by atoms with E-state index in [1.807, 2.05) is 29.2 Å². The summed E-state index contributed by atoms with van der Waals surface area (Å²) in [5.41, 5.74) is 1.21. The quantitative estimate of drug-likeness (QED) is 0.867. The molecule has 0 spiro atoms. The smallest absolute Gasteiger partial charge is 0.219 e. The van der Waals surface area contributed by atoms with Crippen LogP contribution in [0.2, 0.25) is 0 Å². The molecule has 0 aliphatic carbocycles. The van der Waals surface area contributed by atoms with Crippen molar-refractivity contribution in [2.75, 3.05) is 44.6 Å². The SMILES string of the molecule is CC(=O)N1CCN(CCNc2ccnc(Cc3ccccc3)n2)CC1. The van der Waals surface area contributed by atoms with Crippen LogP contribution in [0.3, 0.4) is 0 Å². The molecule has 0 atom stereocenters. The van der Waals surface area contributed by atoms with Crippen LogP contribution in [0, 0.1) is 0 Å². The van der Waals surface area contributed by atoms with Crippen molar-refractivity contribution in [1.29, 1.82) is 0 Å². The van der Waals surface area contributed by atoms with Crippen LogP contribution in [-0.4, -0.2) is 64.9 Å². The highest BCUT2D eigenvalue weighted by Gasteiger charge is 2.17. The zero-order valence-electron chi connectivity index (χ0n) is 14.7. The number of amides is 1. The first-order valence-corrected chi connectivity index (χ1v) is 8.78. The average Bonchev–Trinajstić information content (AvgIpc) is 2.63. The predicted molar refractivity (Wildman–Crippen MR) is 98.5 cm³/mol. The van der Waals surface area contributed by atoms with Crippen LogP contribution in [0.5, 0.6) is 0 Å². The van der Waals surface area contributed by atoms with Gasteiger partial charge in [-0.15, -0.1) is 0 Å². The molecule has 0 saturated carbocycles. The van der Waals surface area contributed by atoms with Crippen molar-refractivity contribution in [2.45, 2.75) is 13.3 Å². The molecule has 2 aromatic rings. The second-order valence-corrected chi connectivity index (χ2v) is 6.29. The third-order valence-electron chi connectivity index (χ3n) is 4.46. The Morgan fingerprint density at radius 1 is 1.12 bits per heavy atom. The molecule has 1 saturated heterocycles. The molecule has 1 amide bonds. The van der Waals surface area contributed by atoms with E-state index in [4.69, 9.17) is 0 Å². The molecular formula is C19H25N5O. The molecule has 2 heterocycles. The largest absolute Gasteiger partial charge is 0.369 e. The van der Waals surface area contributed by atoms with Gasteiger partial charge in [-0.3, -0.25) is 9.69 Å². The third-order valence-corrected chi connectivity index (χ3v) is 4.46. The number of benzene rings is 1. The minimum absolute atomic E-state index is 0.171. The normalized spacial score (nSPS) is 15.2. The first-order chi connectivity index (χ1) is 12.2. The van der Waals surface area contributed by atoms with Gasteiger partial charge in [0, 0.05) is 58.8 Å². The maximum atomic E-state index is 11.3. The maximum Gasteiger partial charge on any atom is 0.219 e. The molecule has 0 bridgehead atoms. The lowest BCUT2D eigenvalue weighted by Gasteiger charge is -2.34. The summed E-state index contributed by atoms with van der Waals surface area (Å²) in [6.45, 7) is 6.94. The lowest BCUT2D eigenvalue weighted by molar-refractivity contribution is -0.130. The van der Waals surface area contributed by atoms with Gasteiger partial charge in [-0.2, -0.15) is 0 Å². The van der Waals surface area contributed by atoms with Crippen LogP contribution < -0.4 is 5.32 Å². The molecule has 1 aliphatic heterocycles. The van der Waals surface area contributed by atoms with E-state index in [0.29, 0.717) is 0 Å². The molecule has 132 valence electrons. The van der Waals surface area contributed by atoms with E-state index < -0.39 is 0 Å². The Labute approximate surface area is 148 Å². The molecule has 1 fully saturated rings. The molecule has 3 rings (SSSR count). The number of hydrogen-bond acceptors (Lipinski definition) is 5. The zero-order valence-corrected chi connectivity index (χ0v) is 14.7. The number of piperazine rings is 1. The molecular weight excluding hydrogens is 314 g/mol. The highest BCUT2D eigenvalue weighted by molar-refractivity contribution is 5.73. The van der Waals surface area contributed by atoms with Crippen LogP contribution >= 0.6 is 0 Å². The summed E-state index contributed by atoms with van der Waals surface area (Å²) < 4.78 is 0. The van der Waals surface area contributed by atoms with E-state index in [0.717, 1.165) is 57.3 Å². The maximum absolute atomic E-state index is 11.3. The number of nitrogens with zero attached hydrogens (tertiary/aromatic N) is 4. The second-order valence-electron chi connectivity index (χ2n) is 6.29. The number of carbonyl (C=O) groups is 1. The van der Waals surface area contributed by atoms with Crippen LogP contribution in [0.25, 0.3) is 0 Å². The highest BCUT2D eigenvalue weighted by atomic mass is 16.2. The van der Waals surface area contributed by atoms with Gasteiger partial charge in [0.1, 0.15) is 11.6 Å². The van der Waals surface area contributed by atoms with Crippen molar-refractivity contribution in [3.8, 4) is 0 Å². The van der Waals surface area contributed by atoms with E-state index >= 15 is 0 Å². The summed E-state index contributed by atoms with van der Waals surface area (Å²) in [4.78, 5) is 24.6. The predicted octanol–water partition coefficient (Wildman–Crippen LogP) is 1.64. The van der Waals surface area contributed by atoms with Crippen molar-refractivity contribution in [1.82, 2.24) is 19.8 Å². The monoisotopic (exact) mass is 339 g/mol. The third kappa shape index (κ3) is 5.26. The van der Waals surface area contributed by atoms with Crippen LogP contribution in [0.1, 0.15) is 18.3 Å². The minimum Gasteiger partial charge on any atom is -0.369 e. The number of aromatic nitrogens is 2. The van der Waals surface area contributed by atoms with E-state index in [-0.39, 0.29) is 5.91 Å². The average molecular weight is 339 g/mol. The Hall–Kier alpha value is -2.47. The lowest BCUT2D eigenvalue weighted by Crippen LogP contribution is -2.49. The number of anilines is 1. The van der Waals surface area contributed by atoms with E-state index in [9.17, 15) is 4.79 Å². The summed E-state index contributed by atoms with van der Waals surface area (Å²) in [6, 6.07) is 12.2. The Kier molecular flexibility index (Phi) is 5.95. The summed E-state index contributed by atoms with van der Waals surface area (Å²) in [6.07, 6.45) is 2.54. The summed E-state index contributed by atoms with van der Waals surface area (Å²) in [5, 5.41) is 3.38. The van der Waals surface area contributed by atoms with Gasteiger partial charge >= 0.3 is 0 Å². The first kappa shape index (κ1) is 17.4. The van der Waals surface area contributed by atoms with Crippen molar-refractivity contribution in [3.05, 3.63) is 54.0 Å². The van der Waals surface area contributed by atoms with Crippen LogP contribution in [0.15, 0.2) is 42.6 Å². The second kappa shape index (κ2) is 8.58. The van der Waals surface area contributed by atoms with E-state index in [1.54, 1.807) is 13.1 Å². The van der Waals surface area contributed by atoms with Crippen molar-refractivity contribution >= 4 is 11.7 Å². The Morgan fingerprint density at radius 3 is 2.60 bits per heavy atom. The van der Waals surface area contributed by atoms with Crippen LogP contribution in [-0.2, 0) is 11.2 Å². The summed E-state index contributed by atoms with van der Waals surface area (Å²) in [7, 11) is 0. The first-order valence-electron chi connectivity index (χ1n) is 8.78. The van der Waals surface area contributed by atoms with Gasteiger partial charge in [0.05, 0.1) is 0 Å². The molecule has 0 unspecified atom stereocenters. The fourth-order valence-corrected chi connectivity index (χ4v) is 2.99. The molecule has 0 radical (unpaired) electrons. The molecule has 1 aromatic heterocycles. The Balaban J connectivity index is 1.44. The summed E-state index contributed by atoms with van der Waals surface area (Å²) >= 11 is 0. The van der Waals surface area contributed by atoms with E-state index in [2.05, 4.69) is 32.3 Å². The topological polar surface area (TPSA) is 61.4 Å². The zero-order chi connectivity index (χ0) is 17.5. The van der Waals surface area contributed by atoms with Gasteiger partial charge in [-0.1, -0.05) is 30.3 Å². The number of nitrogens with one attached hydrogen (secondary N) is 1. The molecule has 6 heteroatoms. The summed E-state index contributed by atoms with van der Waals surface area (Å²) in [5.74, 6) is 1.86. The molecule has 6 nitrogen and oxygen atoms in total. The van der Waals surface area contributed by atoms with Gasteiger partial charge in [0.25, 0.3) is 0 Å². The fraction of sp³-hybridized carbons (Fsp3) is 0.421. The van der Waals surface area contributed by atoms with Crippen molar-refractivity contribution in [2.24, 2.45) is 0 Å². The van der Waals surface area contributed by atoms with E-state index in [1.165, 1.54) is 5.56 Å². The highest BCUT2D eigenvalue weighted by Crippen LogP contribution is 2.08. The molecule has 1 aromatic carbocycles. The Bertz CT molecular complexity index is 683. The fourth-order valence-electron chi connectivity index (χ4n) is 2.99. The minimum atomic E-state index is 0.171. The lowest BCUT2D eigenvalue weighted by atomic mass is 10.1. The standard InChI is InChI=1S/C19H25N5O/c1-16(25)24-13-11-23(12-14-24)10-9-21-18-7-8-20-19(22-18)15-17-5-3-2-4-6-17/h2-8H,9-15H2,1H3,(H,20,21,22). The van der Waals surface area contributed by atoms with Gasteiger partial charge in [0.15, 0.2) is 0 Å². The van der Waals surface area contributed by atoms with Gasteiger partial charge in [0.2, 0.25) is 5.91 Å². The number of hydrogen-bond donors (Lipinski definition) is 1.